The van der Waals surface area contributed by atoms with E-state index in [1.807, 2.05) is 19.2 Å². The van der Waals surface area contributed by atoms with Crippen LogP contribution in [0.1, 0.15) is 32.3 Å². The molecule has 19 heavy (non-hydrogen) atoms. The number of halogens is 1. The summed E-state index contributed by atoms with van der Waals surface area (Å²) in [4.78, 5) is 2.22. The monoisotopic (exact) mass is 266 g/mol. The van der Waals surface area contributed by atoms with Crippen LogP contribution < -0.4 is 5.32 Å². The van der Waals surface area contributed by atoms with E-state index >= 15 is 0 Å². The Morgan fingerprint density at radius 3 is 2.37 bits per heavy atom. The summed E-state index contributed by atoms with van der Waals surface area (Å²) in [5.74, 6) is -0.110. The van der Waals surface area contributed by atoms with E-state index in [1.165, 1.54) is 6.07 Å². The maximum atomic E-state index is 13.7. The lowest BCUT2D eigenvalue weighted by Gasteiger charge is -2.35. The first-order chi connectivity index (χ1) is 9.06. The molecule has 1 N–H and O–H groups in total. The van der Waals surface area contributed by atoms with Crippen molar-refractivity contribution in [3.05, 3.63) is 35.6 Å². The van der Waals surface area contributed by atoms with E-state index in [2.05, 4.69) is 31.1 Å². The third kappa shape index (κ3) is 4.59. The summed E-state index contributed by atoms with van der Waals surface area (Å²) in [6, 6.07) is 7.03. The minimum Gasteiger partial charge on any atom is -0.319 e. The van der Waals surface area contributed by atoms with Crippen LogP contribution in [-0.4, -0.2) is 32.1 Å². The van der Waals surface area contributed by atoms with Gasteiger partial charge in [-0.1, -0.05) is 32.0 Å². The molecule has 0 spiro atoms. The molecule has 0 saturated carbocycles. The molecule has 0 saturated heterocycles. The van der Waals surface area contributed by atoms with E-state index in [1.54, 1.807) is 6.07 Å². The molecule has 0 aliphatic heterocycles. The average molecular weight is 266 g/mol. The number of rotatable bonds is 8. The van der Waals surface area contributed by atoms with Gasteiger partial charge in [0, 0.05) is 25.2 Å². The lowest BCUT2D eigenvalue weighted by atomic mass is 9.81. The topological polar surface area (TPSA) is 15.3 Å². The second-order valence-corrected chi connectivity index (χ2v) is 5.50. The minimum absolute atomic E-state index is 0.110. The molecule has 3 heteroatoms. The van der Waals surface area contributed by atoms with E-state index in [0.29, 0.717) is 6.54 Å². The Bertz CT molecular complexity index is 375. The highest BCUT2D eigenvalue weighted by Crippen LogP contribution is 2.27. The number of hydrogen-bond donors (Lipinski definition) is 1. The fourth-order valence-electron chi connectivity index (χ4n) is 2.70. The quantitative estimate of drug-likeness (QED) is 0.777. The second kappa shape index (κ2) is 7.61. The first-order valence-corrected chi connectivity index (χ1v) is 7.13. The fourth-order valence-corrected chi connectivity index (χ4v) is 2.70. The highest BCUT2D eigenvalue weighted by atomic mass is 19.1. The van der Waals surface area contributed by atoms with Crippen LogP contribution in [0.2, 0.25) is 0 Å². The third-order valence-electron chi connectivity index (χ3n) is 4.06. The van der Waals surface area contributed by atoms with Gasteiger partial charge < -0.3 is 10.2 Å². The molecule has 1 aromatic carbocycles. The molecule has 2 nitrogen and oxygen atoms in total. The van der Waals surface area contributed by atoms with E-state index in [-0.39, 0.29) is 11.2 Å². The normalized spacial score (nSPS) is 12.1. The molecule has 108 valence electrons. The van der Waals surface area contributed by atoms with Gasteiger partial charge in [-0.3, -0.25) is 0 Å². The second-order valence-electron chi connectivity index (χ2n) is 5.50. The van der Waals surface area contributed by atoms with E-state index in [9.17, 15) is 4.39 Å². The zero-order valence-corrected chi connectivity index (χ0v) is 12.7. The molecular weight excluding hydrogens is 239 g/mol. The Morgan fingerprint density at radius 1 is 1.21 bits per heavy atom. The van der Waals surface area contributed by atoms with E-state index in [0.717, 1.165) is 31.5 Å². The highest BCUT2D eigenvalue weighted by molar-refractivity contribution is 5.17. The van der Waals surface area contributed by atoms with Crippen LogP contribution in [-0.2, 0) is 6.54 Å². The summed E-state index contributed by atoms with van der Waals surface area (Å²) in [6.07, 6.45) is 2.26. The molecule has 0 fully saturated rings. The van der Waals surface area contributed by atoms with Crippen molar-refractivity contribution in [3.8, 4) is 0 Å². The molecule has 0 amide bonds. The Labute approximate surface area is 117 Å². The van der Waals surface area contributed by atoms with E-state index < -0.39 is 0 Å². The lowest BCUT2D eigenvalue weighted by Crippen LogP contribution is -2.41. The van der Waals surface area contributed by atoms with Gasteiger partial charge in [0.25, 0.3) is 0 Å². The predicted molar refractivity (Wildman–Crippen MR) is 79.7 cm³/mol. The lowest BCUT2D eigenvalue weighted by molar-refractivity contribution is 0.152. The first kappa shape index (κ1) is 16.1. The fraction of sp³-hybridized carbons (Fsp3) is 0.625. The van der Waals surface area contributed by atoms with Gasteiger partial charge in [-0.2, -0.15) is 0 Å². The van der Waals surface area contributed by atoms with Crippen LogP contribution in [0.25, 0.3) is 0 Å². The van der Waals surface area contributed by atoms with Gasteiger partial charge in [0.05, 0.1) is 0 Å². The number of nitrogens with one attached hydrogen (secondary N) is 1. The van der Waals surface area contributed by atoms with Gasteiger partial charge in [-0.05, 0) is 38.4 Å². The zero-order valence-electron chi connectivity index (χ0n) is 12.7. The predicted octanol–water partition coefficient (Wildman–Crippen LogP) is 3.28. The standard InChI is InChI=1S/C16H27FN2/c1-5-16(6-2,12-18-3)13-19(4)11-14-9-7-8-10-15(14)17/h7-10,18H,5-6,11-13H2,1-4H3. The molecule has 0 aromatic heterocycles. The summed E-state index contributed by atoms with van der Waals surface area (Å²) >= 11 is 0. The van der Waals surface area contributed by atoms with Gasteiger partial charge in [0.15, 0.2) is 0 Å². The third-order valence-corrected chi connectivity index (χ3v) is 4.06. The smallest absolute Gasteiger partial charge is 0.127 e. The molecule has 0 unspecified atom stereocenters. The number of hydrogen-bond acceptors (Lipinski definition) is 2. The molecule has 0 bridgehead atoms. The molecule has 1 rings (SSSR count). The van der Waals surface area contributed by atoms with Crippen LogP contribution in [0.3, 0.4) is 0 Å². The Kier molecular flexibility index (Phi) is 6.46. The number of nitrogens with zero attached hydrogens (tertiary/aromatic N) is 1. The molecule has 0 atom stereocenters. The highest BCUT2D eigenvalue weighted by Gasteiger charge is 2.27. The molecule has 0 aliphatic rings. The molecule has 1 aromatic rings. The molecular formula is C16H27FN2. The Balaban J connectivity index is 2.67. The first-order valence-electron chi connectivity index (χ1n) is 7.13. The van der Waals surface area contributed by atoms with Crippen LogP contribution in [0.15, 0.2) is 24.3 Å². The van der Waals surface area contributed by atoms with Crippen LogP contribution in [0.4, 0.5) is 4.39 Å². The SMILES string of the molecule is CCC(CC)(CNC)CN(C)Cc1ccccc1F. The van der Waals surface area contributed by atoms with Gasteiger partial charge in [-0.25, -0.2) is 4.39 Å². The van der Waals surface area contributed by atoms with Crippen molar-refractivity contribution in [2.45, 2.75) is 33.2 Å². The number of benzene rings is 1. The summed E-state index contributed by atoms with van der Waals surface area (Å²) in [5.41, 5.74) is 1.05. The maximum absolute atomic E-state index is 13.7. The molecule has 0 heterocycles. The van der Waals surface area contributed by atoms with Crippen LogP contribution in [0.5, 0.6) is 0 Å². The van der Waals surface area contributed by atoms with Crippen molar-refractivity contribution >= 4 is 0 Å². The van der Waals surface area contributed by atoms with Crippen molar-refractivity contribution in [2.75, 3.05) is 27.2 Å². The van der Waals surface area contributed by atoms with Crippen molar-refractivity contribution in [1.29, 1.82) is 0 Å². The largest absolute Gasteiger partial charge is 0.319 e. The summed E-state index contributed by atoms with van der Waals surface area (Å²) in [6.45, 7) is 7.12. The average Bonchev–Trinajstić information content (AvgIpc) is 2.41. The van der Waals surface area contributed by atoms with Gasteiger partial charge in [0.2, 0.25) is 0 Å². The van der Waals surface area contributed by atoms with Crippen molar-refractivity contribution in [3.63, 3.8) is 0 Å². The van der Waals surface area contributed by atoms with Crippen molar-refractivity contribution < 1.29 is 4.39 Å². The molecule has 0 aliphatic carbocycles. The molecule has 0 radical (unpaired) electrons. The Morgan fingerprint density at radius 2 is 1.84 bits per heavy atom. The zero-order chi connectivity index (χ0) is 14.3. The van der Waals surface area contributed by atoms with Gasteiger partial charge >= 0.3 is 0 Å². The van der Waals surface area contributed by atoms with Crippen LogP contribution in [0, 0.1) is 11.2 Å². The van der Waals surface area contributed by atoms with Gasteiger partial charge in [-0.15, -0.1) is 0 Å². The summed E-state index contributed by atoms with van der Waals surface area (Å²) in [5, 5.41) is 3.29. The van der Waals surface area contributed by atoms with E-state index in [4.69, 9.17) is 0 Å². The minimum atomic E-state index is -0.110. The van der Waals surface area contributed by atoms with Crippen LogP contribution >= 0.6 is 0 Å². The maximum Gasteiger partial charge on any atom is 0.127 e. The Hall–Kier alpha value is -0.930. The van der Waals surface area contributed by atoms with Gasteiger partial charge in [0.1, 0.15) is 5.82 Å². The van der Waals surface area contributed by atoms with Crippen molar-refractivity contribution in [2.24, 2.45) is 5.41 Å². The summed E-state index contributed by atoms with van der Waals surface area (Å²) in [7, 11) is 4.07. The summed E-state index contributed by atoms with van der Waals surface area (Å²) < 4.78 is 13.7. The van der Waals surface area contributed by atoms with Crippen molar-refractivity contribution in [1.82, 2.24) is 10.2 Å².